The van der Waals surface area contributed by atoms with E-state index in [1.165, 1.54) is 6.07 Å². The van der Waals surface area contributed by atoms with Crippen LogP contribution in [0.4, 0.5) is 4.79 Å². The van der Waals surface area contributed by atoms with Crippen molar-refractivity contribution in [3.8, 4) is 5.88 Å². The molecule has 0 aliphatic heterocycles. The minimum absolute atomic E-state index is 0.0560. The van der Waals surface area contributed by atoms with Crippen molar-refractivity contribution in [3.05, 3.63) is 22.8 Å². The predicted octanol–water partition coefficient (Wildman–Crippen LogP) is 0.651. The molecule has 0 fully saturated rings. The number of pyridine rings is 1. The number of halogens is 1. The third kappa shape index (κ3) is 2.89. The van der Waals surface area contributed by atoms with Gasteiger partial charge >= 0.3 is 6.09 Å². The lowest BCUT2D eigenvalue weighted by Gasteiger charge is -2.02. The number of hydrogen-bond acceptors (Lipinski definition) is 4. The van der Waals surface area contributed by atoms with E-state index in [1.54, 1.807) is 6.07 Å². The minimum Gasteiger partial charge on any atom is -0.391 e. The second-order valence-corrected chi connectivity index (χ2v) is 2.68. The third-order valence-electron chi connectivity index (χ3n) is 1.23. The molecule has 0 aromatic carbocycles. The molecule has 13 heavy (non-hydrogen) atoms. The second kappa shape index (κ2) is 4.06. The first-order valence-corrected chi connectivity index (χ1v) is 3.83. The molecular weight excluding hydrogens is 194 g/mol. The molecule has 70 valence electrons. The fourth-order valence-corrected chi connectivity index (χ4v) is 1.00. The normalized spacial score (nSPS) is 9.69. The monoisotopic (exact) mass is 201 g/mol. The number of carbonyl (C=O) groups is 1. The van der Waals surface area contributed by atoms with Crippen molar-refractivity contribution in [3.63, 3.8) is 0 Å². The lowest BCUT2D eigenvalue weighted by Crippen LogP contribution is -2.17. The van der Waals surface area contributed by atoms with Crippen LogP contribution >= 0.6 is 11.6 Å². The van der Waals surface area contributed by atoms with E-state index in [4.69, 9.17) is 23.1 Å². The van der Waals surface area contributed by atoms with Gasteiger partial charge in [-0.05, 0) is 6.07 Å². The summed E-state index contributed by atoms with van der Waals surface area (Å²) in [5.74, 6) is 0.0560. The van der Waals surface area contributed by atoms with Crippen LogP contribution in [0.2, 0.25) is 5.02 Å². The van der Waals surface area contributed by atoms with Gasteiger partial charge in [-0.2, -0.15) is 0 Å². The SMILES string of the molecule is NCc1cc(Cl)cc(OC(N)=O)n1. The molecule has 0 bridgehead atoms. The van der Waals surface area contributed by atoms with Crippen molar-refractivity contribution in [1.29, 1.82) is 0 Å². The Hall–Kier alpha value is -1.33. The molecule has 1 aromatic rings. The van der Waals surface area contributed by atoms with Crippen LogP contribution in [-0.4, -0.2) is 11.1 Å². The number of nitrogens with two attached hydrogens (primary N) is 2. The van der Waals surface area contributed by atoms with E-state index in [2.05, 4.69) is 9.72 Å². The summed E-state index contributed by atoms with van der Waals surface area (Å²) in [6.07, 6.45) is -0.933. The highest BCUT2D eigenvalue weighted by atomic mass is 35.5. The first-order chi connectivity index (χ1) is 6.11. The van der Waals surface area contributed by atoms with E-state index in [0.29, 0.717) is 10.7 Å². The maximum Gasteiger partial charge on any atom is 0.411 e. The van der Waals surface area contributed by atoms with Gasteiger partial charge in [0.25, 0.3) is 0 Å². The van der Waals surface area contributed by atoms with Crippen molar-refractivity contribution >= 4 is 17.7 Å². The molecule has 5 nitrogen and oxygen atoms in total. The Morgan fingerprint density at radius 3 is 2.85 bits per heavy atom. The summed E-state index contributed by atoms with van der Waals surface area (Å²) in [6.45, 7) is 0.218. The highest BCUT2D eigenvalue weighted by molar-refractivity contribution is 6.30. The summed E-state index contributed by atoms with van der Waals surface area (Å²) >= 11 is 5.68. The van der Waals surface area contributed by atoms with Gasteiger partial charge in [-0.1, -0.05) is 11.6 Å². The molecular formula is C7H8ClN3O2. The zero-order valence-electron chi connectivity index (χ0n) is 6.66. The third-order valence-corrected chi connectivity index (χ3v) is 1.45. The lowest BCUT2D eigenvalue weighted by molar-refractivity contribution is 0.209. The van der Waals surface area contributed by atoms with E-state index in [0.717, 1.165) is 0 Å². The van der Waals surface area contributed by atoms with E-state index >= 15 is 0 Å². The van der Waals surface area contributed by atoms with Crippen LogP contribution < -0.4 is 16.2 Å². The highest BCUT2D eigenvalue weighted by Gasteiger charge is 2.03. The van der Waals surface area contributed by atoms with Crippen molar-refractivity contribution in [1.82, 2.24) is 4.98 Å². The van der Waals surface area contributed by atoms with Crippen LogP contribution in [0.3, 0.4) is 0 Å². The van der Waals surface area contributed by atoms with Gasteiger partial charge in [0.15, 0.2) is 0 Å². The largest absolute Gasteiger partial charge is 0.411 e. The molecule has 0 radical (unpaired) electrons. The first-order valence-electron chi connectivity index (χ1n) is 3.45. The fourth-order valence-electron chi connectivity index (χ4n) is 0.785. The van der Waals surface area contributed by atoms with Gasteiger partial charge in [0.1, 0.15) is 0 Å². The fraction of sp³-hybridized carbons (Fsp3) is 0.143. The quantitative estimate of drug-likeness (QED) is 0.735. The number of ether oxygens (including phenoxy) is 1. The van der Waals surface area contributed by atoms with E-state index < -0.39 is 6.09 Å². The Bertz CT molecular complexity index is 330. The molecule has 0 atom stereocenters. The standard InChI is InChI=1S/C7H8ClN3O2/c8-4-1-5(3-9)11-6(2-4)13-7(10)12/h1-2H,3,9H2,(H2,10,12). The Kier molecular flexibility index (Phi) is 3.05. The number of rotatable bonds is 2. The number of amides is 1. The summed E-state index contributed by atoms with van der Waals surface area (Å²) in [5.41, 5.74) is 10.6. The Morgan fingerprint density at radius 2 is 2.31 bits per heavy atom. The van der Waals surface area contributed by atoms with Gasteiger partial charge in [-0.15, -0.1) is 0 Å². The maximum atomic E-state index is 10.4. The average molecular weight is 202 g/mol. The highest BCUT2D eigenvalue weighted by Crippen LogP contribution is 2.16. The van der Waals surface area contributed by atoms with Crippen molar-refractivity contribution in [2.24, 2.45) is 11.5 Å². The van der Waals surface area contributed by atoms with Gasteiger partial charge in [-0.3, -0.25) is 0 Å². The van der Waals surface area contributed by atoms with Crippen LogP contribution in [0.5, 0.6) is 5.88 Å². The molecule has 0 aliphatic carbocycles. The molecule has 1 amide bonds. The van der Waals surface area contributed by atoms with Crippen LogP contribution in [-0.2, 0) is 6.54 Å². The van der Waals surface area contributed by atoms with E-state index in [-0.39, 0.29) is 12.4 Å². The van der Waals surface area contributed by atoms with Crippen molar-refractivity contribution in [2.45, 2.75) is 6.54 Å². The number of hydrogen-bond donors (Lipinski definition) is 2. The molecule has 0 saturated carbocycles. The molecule has 0 spiro atoms. The van der Waals surface area contributed by atoms with Gasteiger partial charge in [0.05, 0.1) is 5.69 Å². The van der Waals surface area contributed by atoms with E-state index in [9.17, 15) is 4.79 Å². The Balaban J connectivity index is 2.94. The van der Waals surface area contributed by atoms with E-state index in [1.807, 2.05) is 0 Å². The lowest BCUT2D eigenvalue weighted by atomic mass is 10.3. The second-order valence-electron chi connectivity index (χ2n) is 2.24. The first kappa shape index (κ1) is 9.76. The smallest absolute Gasteiger partial charge is 0.391 e. The van der Waals surface area contributed by atoms with Crippen LogP contribution in [0, 0.1) is 0 Å². The van der Waals surface area contributed by atoms with Crippen LogP contribution in [0.25, 0.3) is 0 Å². The Labute approximate surface area is 79.6 Å². The topological polar surface area (TPSA) is 91.2 Å². The molecule has 1 heterocycles. The van der Waals surface area contributed by atoms with Gasteiger partial charge < -0.3 is 16.2 Å². The molecule has 0 aliphatic rings. The molecule has 0 unspecified atom stereocenters. The molecule has 6 heteroatoms. The number of aromatic nitrogens is 1. The molecule has 0 saturated heterocycles. The van der Waals surface area contributed by atoms with Crippen LogP contribution in [0.1, 0.15) is 5.69 Å². The summed E-state index contributed by atoms with van der Waals surface area (Å²) in [6, 6.07) is 2.96. The van der Waals surface area contributed by atoms with Gasteiger partial charge in [-0.25, -0.2) is 9.78 Å². The number of carbonyl (C=O) groups excluding carboxylic acids is 1. The maximum absolute atomic E-state index is 10.4. The summed E-state index contributed by atoms with van der Waals surface area (Å²) < 4.78 is 4.53. The predicted molar refractivity (Wildman–Crippen MR) is 47.3 cm³/mol. The Morgan fingerprint density at radius 1 is 1.62 bits per heavy atom. The summed E-state index contributed by atoms with van der Waals surface area (Å²) in [4.78, 5) is 14.2. The zero-order chi connectivity index (χ0) is 9.84. The zero-order valence-corrected chi connectivity index (χ0v) is 7.41. The molecule has 1 aromatic heterocycles. The molecule has 1 rings (SSSR count). The van der Waals surface area contributed by atoms with Crippen molar-refractivity contribution < 1.29 is 9.53 Å². The average Bonchev–Trinajstić information content (AvgIpc) is 2.01. The van der Waals surface area contributed by atoms with Crippen LogP contribution in [0.15, 0.2) is 12.1 Å². The molecule has 4 N–H and O–H groups in total. The van der Waals surface area contributed by atoms with Crippen molar-refractivity contribution in [2.75, 3.05) is 0 Å². The summed E-state index contributed by atoms with van der Waals surface area (Å²) in [5, 5.41) is 0.395. The van der Waals surface area contributed by atoms with Gasteiger partial charge in [0, 0.05) is 17.6 Å². The summed E-state index contributed by atoms with van der Waals surface area (Å²) in [7, 11) is 0. The number of nitrogens with zero attached hydrogens (tertiary/aromatic N) is 1. The minimum atomic E-state index is -0.933. The number of primary amides is 1. The van der Waals surface area contributed by atoms with Gasteiger partial charge in [0.2, 0.25) is 5.88 Å².